The van der Waals surface area contributed by atoms with Crippen LogP contribution in [0, 0.1) is 0 Å². The molecule has 1 heterocycles. The Morgan fingerprint density at radius 1 is 1.41 bits per heavy atom. The molecule has 0 spiro atoms. The highest BCUT2D eigenvalue weighted by Gasteiger charge is 2.19. The molecule has 0 radical (unpaired) electrons. The number of hydrazine groups is 1. The largest absolute Gasteiger partial charge is 0.478 e. The number of aromatic carboxylic acids is 1. The minimum absolute atomic E-state index is 0.231. The van der Waals surface area contributed by atoms with Crippen LogP contribution in [0.4, 0.5) is 0 Å². The zero-order valence-corrected chi connectivity index (χ0v) is 9.73. The zero-order valence-electron chi connectivity index (χ0n) is 9.73. The molecule has 2 rings (SSSR count). The summed E-state index contributed by atoms with van der Waals surface area (Å²) < 4.78 is 5.54. The highest BCUT2D eigenvalue weighted by molar-refractivity contribution is 6.03. The van der Waals surface area contributed by atoms with Crippen molar-refractivity contribution in [3.63, 3.8) is 0 Å². The Kier molecular flexibility index (Phi) is 3.12. The summed E-state index contributed by atoms with van der Waals surface area (Å²) >= 11 is 0. The van der Waals surface area contributed by atoms with Gasteiger partial charge in [-0.3, -0.25) is 5.01 Å². The van der Waals surface area contributed by atoms with E-state index in [1.165, 1.54) is 0 Å². The molecule has 0 bridgehead atoms. The lowest BCUT2D eigenvalue weighted by Gasteiger charge is -2.10. The highest BCUT2D eigenvalue weighted by atomic mass is 16.4. The van der Waals surface area contributed by atoms with Crippen molar-refractivity contribution >= 4 is 16.9 Å². The zero-order chi connectivity index (χ0) is 12.4. The Balaban J connectivity index is 2.46. The fraction of sp³-hybridized carbons (Fsp3) is 0.250. The SMILES string of the molecule is CN(C)NCc1oc2ccccc2c1C(=O)O. The maximum absolute atomic E-state index is 11.2. The number of hydrogen-bond acceptors (Lipinski definition) is 4. The normalized spacial score (nSPS) is 11.2. The average Bonchev–Trinajstić information content (AvgIpc) is 2.64. The molecule has 2 N–H and O–H groups in total. The number of nitrogens with one attached hydrogen (secondary N) is 1. The fourth-order valence-corrected chi connectivity index (χ4v) is 1.69. The first-order chi connectivity index (χ1) is 8.09. The van der Waals surface area contributed by atoms with E-state index >= 15 is 0 Å². The molecule has 0 aliphatic rings. The number of rotatable bonds is 4. The van der Waals surface area contributed by atoms with Crippen molar-refractivity contribution in [3.05, 3.63) is 35.6 Å². The van der Waals surface area contributed by atoms with Crippen molar-refractivity contribution in [2.75, 3.05) is 14.1 Å². The van der Waals surface area contributed by atoms with Crippen LogP contribution in [-0.4, -0.2) is 30.2 Å². The lowest BCUT2D eigenvalue weighted by molar-refractivity contribution is 0.0695. The molecule has 0 fully saturated rings. The fourth-order valence-electron chi connectivity index (χ4n) is 1.69. The van der Waals surface area contributed by atoms with Gasteiger partial charge in [-0.15, -0.1) is 0 Å². The van der Waals surface area contributed by atoms with Gasteiger partial charge in [0.15, 0.2) is 0 Å². The van der Waals surface area contributed by atoms with E-state index in [9.17, 15) is 9.90 Å². The van der Waals surface area contributed by atoms with Gasteiger partial charge in [0.05, 0.1) is 6.54 Å². The molecule has 90 valence electrons. The van der Waals surface area contributed by atoms with Crippen molar-refractivity contribution in [1.29, 1.82) is 0 Å². The third kappa shape index (κ3) is 2.30. The summed E-state index contributed by atoms with van der Waals surface area (Å²) in [5.74, 6) is -0.530. The van der Waals surface area contributed by atoms with Crippen molar-refractivity contribution in [3.8, 4) is 0 Å². The average molecular weight is 234 g/mol. The van der Waals surface area contributed by atoms with Crippen LogP contribution in [0.5, 0.6) is 0 Å². The molecule has 0 aliphatic heterocycles. The second kappa shape index (κ2) is 4.57. The molecule has 5 heteroatoms. The second-order valence-electron chi connectivity index (χ2n) is 3.93. The Hall–Kier alpha value is -1.85. The minimum Gasteiger partial charge on any atom is -0.478 e. The monoisotopic (exact) mass is 234 g/mol. The van der Waals surface area contributed by atoms with Crippen LogP contribution in [0.3, 0.4) is 0 Å². The molecular formula is C12H14N2O3. The van der Waals surface area contributed by atoms with Gasteiger partial charge in [0.25, 0.3) is 0 Å². The summed E-state index contributed by atoms with van der Waals surface area (Å²) in [6, 6.07) is 7.14. The standard InChI is InChI=1S/C12H14N2O3/c1-14(2)13-7-10-11(12(15)16)8-5-3-4-6-9(8)17-10/h3-6,13H,7H2,1-2H3,(H,15,16). The lowest BCUT2D eigenvalue weighted by atomic mass is 10.1. The summed E-state index contributed by atoms with van der Waals surface area (Å²) in [6.45, 7) is 0.351. The van der Waals surface area contributed by atoms with Crippen LogP contribution in [0.15, 0.2) is 28.7 Å². The van der Waals surface area contributed by atoms with Crippen LogP contribution < -0.4 is 5.43 Å². The Bertz CT molecular complexity index is 546. The Morgan fingerprint density at radius 2 is 2.12 bits per heavy atom. The number of carboxylic acids is 1. The second-order valence-corrected chi connectivity index (χ2v) is 3.93. The Morgan fingerprint density at radius 3 is 2.76 bits per heavy atom. The third-order valence-corrected chi connectivity index (χ3v) is 2.44. The molecule has 0 amide bonds. The lowest BCUT2D eigenvalue weighted by Crippen LogP contribution is -2.30. The van der Waals surface area contributed by atoms with Gasteiger partial charge >= 0.3 is 5.97 Å². The first kappa shape index (κ1) is 11.6. The quantitative estimate of drug-likeness (QED) is 0.788. The van der Waals surface area contributed by atoms with Crippen LogP contribution in [0.2, 0.25) is 0 Å². The first-order valence-corrected chi connectivity index (χ1v) is 5.24. The number of fused-ring (bicyclic) bond motifs is 1. The Labute approximate surface area is 98.6 Å². The molecular weight excluding hydrogens is 220 g/mol. The van der Waals surface area contributed by atoms with E-state index in [2.05, 4.69) is 5.43 Å². The smallest absolute Gasteiger partial charge is 0.339 e. The number of furan rings is 1. The van der Waals surface area contributed by atoms with Gasteiger partial charge in [0.2, 0.25) is 0 Å². The van der Waals surface area contributed by atoms with Crippen molar-refractivity contribution in [2.45, 2.75) is 6.54 Å². The number of nitrogens with zero attached hydrogens (tertiary/aromatic N) is 1. The van der Waals surface area contributed by atoms with E-state index in [0.29, 0.717) is 23.3 Å². The van der Waals surface area contributed by atoms with Crippen molar-refractivity contribution < 1.29 is 14.3 Å². The van der Waals surface area contributed by atoms with E-state index in [1.54, 1.807) is 23.2 Å². The number of carbonyl (C=O) groups is 1. The summed E-state index contributed by atoms with van der Waals surface area (Å²) in [4.78, 5) is 11.2. The molecule has 1 aromatic carbocycles. The van der Waals surface area contributed by atoms with Crippen molar-refractivity contribution in [1.82, 2.24) is 10.4 Å². The predicted molar refractivity (Wildman–Crippen MR) is 63.7 cm³/mol. The van der Waals surface area contributed by atoms with Gasteiger partial charge in [-0.1, -0.05) is 18.2 Å². The third-order valence-electron chi connectivity index (χ3n) is 2.44. The van der Waals surface area contributed by atoms with E-state index < -0.39 is 5.97 Å². The minimum atomic E-state index is -0.967. The van der Waals surface area contributed by atoms with Gasteiger partial charge in [-0.2, -0.15) is 0 Å². The van der Waals surface area contributed by atoms with E-state index in [0.717, 1.165) is 0 Å². The predicted octanol–water partition coefficient (Wildman–Crippen LogP) is 1.70. The van der Waals surface area contributed by atoms with Crippen LogP contribution in [0.1, 0.15) is 16.1 Å². The molecule has 0 saturated carbocycles. The molecule has 0 aliphatic carbocycles. The number of para-hydroxylation sites is 1. The highest BCUT2D eigenvalue weighted by Crippen LogP contribution is 2.25. The maximum atomic E-state index is 11.2. The van der Waals surface area contributed by atoms with Crippen molar-refractivity contribution in [2.24, 2.45) is 0 Å². The molecule has 2 aromatic rings. The van der Waals surface area contributed by atoms with E-state index in [1.807, 2.05) is 20.2 Å². The topological polar surface area (TPSA) is 65.7 Å². The van der Waals surface area contributed by atoms with Crippen LogP contribution in [0.25, 0.3) is 11.0 Å². The molecule has 0 saturated heterocycles. The summed E-state index contributed by atoms with van der Waals surface area (Å²) in [5, 5.41) is 11.6. The van der Waals surface area contributed by atoms with Crippen LogP contribution >= 0.6 is 0 Å². The molecule has 5 nitrogen and oxygen atoms in total. The maximum Gasteiger partial charge on any atom is 0.339 e. The first-order valence-electron chi connectivity index (χ1n) is 5.24. The summed E-state index contributed by atoms with van der Waals surface area (Å²) in [6.07, 6.45) is 0. The van der Waals surface area contributed by atoms with Gasteiger partial charge in [-0.25, -0.2) is 10.2 Å². The van der Waals surface area contributed by atoms with Gasteiger partial charge in [0.1, 0.15) is 16.9 Å². The van der Waals surface area contributed by atoms with E-state index in [4.69, 9.17) is 4.42 Å². The summed E-state index contributed by atoms with van der Waals surface area (Å²) in [7, 11) is 3.67. The van der Waals surface area contributed by atoms with Gasteiger partial charge < -0.3 is 9.52 Å². The number of carboxylic acid groups (broad SMARTS) is 1. The molecule has 0 unspecified atom stereocenters. The van der Waals surface area contributed by atoms with Gasteiger partial charge in [-0.05, 0) is 6.07 Å². The summed E-state index contributed by atoms with van der Waals surface area (Å²) in [5.41, 5.74) is 3.82. The molecule has 17 heavy (non-hydrogen) atoms. The van der Waals surface area contributed by atoms with Crippen LogP contribution in [-0.2, 0) is 6.54 Å². The van der Waals surface area contributed by atoms with Gasteiger partial charge in [0, 0.05) is 19.5 Å². The number of hydrogen-bond donors (Lipinski definition) is 2. The molecule has 1 aromatic heterocycles. The van der Waals surface area contributed by atoms with E-state index in [-0.39, 0.29) is 5.56 Å². The number of benzene rings is 1. The molecule has 0 atom stereocenters.